The van der Waals surface area contributed by atoms with Crippen molar-refractivity contribution in [2.75, 3.05) is 54.9 Å². The van der Waals surface area contributed by atoms with E-state index in [1.54, 1.807) is 28.4 Å². The van der Waals surface area contributed by atoms with Crippen molar-refractivity contribution in [3.63, 3.8) is 0 Å². The van der Waals surface area contributed by atoms with Gasteiger partial charge in [0.25, 0.3) is 0 Å². The minimum atomic E-state index is 0. The number of rotatable bonds is 14. The fourth-order valence-corrected chi connectivity index (χ4v) is 5.43. The first kappa shape index (κ1) is 50.0. The third-order valence-corrected chi connectivity index (χ3v) is 8.29. The van der Waals surface area contributed by atoms with E-state index in [4.69, 9.17) is 0 Å². The predicted octanol–water partition coefficient (Wildman–Crippen LogP) is 2.45. The Labute approximate surface area is 359 Å². The second kappa shape index (κ2) is 31.1. The summed E-state index contributed by atoms with van der Waals surface area (Å²) in [6.07, 6.45) is 2.79. The van der Waals surface area contributed by atoms with E-state index in [2.05, 4.69) is 67.5 Å². The van der Waals surface area contributed by atoms with Crippen molar-refractivity contribution in [2.24, 2.45) is 0 Å². The molecule has 0 aromatic heterocycles. The molecule has 6 aromatic rings. The summed E-state index contributed by atoms with van der Waals surface area (Å²) >= 11 is 0. The molecule has 0 unspecified atom stereocenters. The molecule has 0 fully saturated rings. The number of para-hydroxylation sites is 2. The Bertz CT molecular complexity index is 1560. The van der Waals surface area contributed by atoms with Crippen LogP contribution < -0.4 is 47.9 Å². The van der Waals surface area contributed by atoms with E-state index < -0.39 is 0 Å². The van der Waals surface area contributed by atoms with Crippen LogP contribution in [0.3, 0.4) is 0 Å². The SMILES string of the molecule is COCCOC.COCCOC.[Li+].[Li+].[O-]c1c(Cc2ccccc2)cccc1Cc1ccccc1.[O-]c1c(Cc2ccccc2)cccc1Cc1ccccc1. The van der Waals surface area contributed by atoms with Crippen LogP contribution in [0.4, 0.5) is 0 Å². The van der Waals surface area contributed by atoms with E-state index in [1.165, 1.54) is 22.3 Å². The minimum absolute atomic E-state index is 0. The second-order valence-corrected chi connectivity index (χ2v) is 12.4. The Morgan fingerprint density at radius 1 is 0.304 bits per heavy atom. The smallest absolute Gasteiger partial charge is 0.872 e. The van der Waals surface area contributed by atoms with Crippen molar-refractivity contribution in [1.82, 2.24) is 0 Å². The van der Waals surface area contributed by atoms with Gasteiger partial charge in [-0.2, -0.15) is 0 Å². The standard InChI is InChI=1S/2C20H18O.2C4H10O2.2Li/c2*21-20-18(14-16-8-3-1-4-9-16)12-7-13-19(20)15-17-10-5-2-6-11-17;2*1-5-3-4-6-2;;/h2*1-13,21H,14-15H2;2*3-4H2,1-2H3;;/q;;;;2*+1/p-2. The molecule has 0 aliphatic carbocycles. The number of benzene rings is 6. The molecule has 0 spiro atoms. The fourth-order valence-electron chi connectivity index (χ4n) is 5.43. The third kappa shape index (κ3) is 19.7. The fraction of sp³-hybridized carbons (Fsp3) is 0.250. The molecule has 0 aliphatic rings. The molecule has 0 atom stereocenters. The number of ether oxygens (including phenoxy) is 4. The summed E-state index contributed by atoms with van der Waals surface area (Å²) in [7, 11) is 6.61. The van der Waals surface area contributed by atoms with E-state index in [0.29, 0.717) is 52.1 Å². The topological polar surface area (TPSA) is 83.0 Å². The molecule has 0 aliphatic heterocycles. The molecule has 0 heterocycles. The Hall–Kier alpha value is -4.05. The van der Waals surface area contributed by atoms with Gasteiger partial charge >= 0.3 is 37.7 Å². The third-order valence-electron chi connectivity index (χ3n) is 8.29. The average Bonchev–Trinajstić information content (AvgIpc) is 3.22. The van der Waals surface area contributed by atoms with Crippen LogP contribution in [0.2, 0.25) is 0 Å². The Kier molecular flexibility index (Phi) is 27.7. The molecule has 0 radical (unpaired) electrons. The van der Waals surface area contributed by atoms with Crippen molar-refractivity contribution >= 4 is 0 Å². The van der Waals surface area contributed by atoms with Crippen LogP contribution in [-0.4, -0.2) is 54.9 Å². The van der Waals surface area contributed by atoms with E-state index in [-0.39, 0.29) is 49.2 Å². The number of hydrogen-bond donors (Lipinski definition) is 0. The maximum Gasteiger partial charge on any atom is 1.00 e. The van der Waals surface area contributed by atoms with E-state index >= 15 is 0 Å². The molecular formula is C48H54Li2O6. The van der Waals surface area contributed by atoms with Gasteiger partial charge in [-0.1, -0.05) is 180 Å². The summed E-state index contributed by atoms with van der Waals surface area (Å²) in [5.74, 6) is 0.343. The predicted molar refractivity (Wildman–Crippen MR) is 216 cm³/mol. The molecule has 6 nitrogen and oxygen atoms in total. The van der Waals surface area contributed by atoms with Gasteiger partial charge < -0.3 is 29.2 Å². The van der Waals surface area contributed by atoms with Crippen molar-refractivity contribution < 1.29 is 66.9 Å². The van der Waals surface area contributed by atoms with Crippen LogP contribution in [0.1, 0.15) is 44.5 Å². The molecule has 0 saturated heterocycles. The summed E-state index contributed by atoms with van der Waals surface area (Å²) in [6, 6.07) is 52.2. The number of methoxy groups -OCH3 is 4. The van der Waals surface area contributed by atoms with Gasteiger partial charge in [0.1, 0.15) is 0 Å². The molecule has 56 heavy (non-hydrogen) atoms. The maximum absolute atomic E-state index is 12.6. The Morgan fingerprint density at radius 2 is 0.500 bits per heavy atom. The Morgan fingerprint density at radius 3 is 0.679 bits per heavy atom. The molecule has 0 saturated carbocycles. The van der Waals surface area contributed by atoms with Gasteiger partial charge in [-0.15, -0.1) is 11.5 Å². The summed E-state index contributed by atoms with van der Waals surface area (Å²) in [5, 5.41) is 25.2. The average molecular weight is 741 g/mol. The van der Waals surface area contributed by atoms with Gasteiger partial charge in [0.05, 0.1) is 26.4 Å². The first-order chi connectivity index (χ1) is 26.5. The molecule has 0 amide bonds. The molecule has 284 valence electrons. The van der Waals surface area contributed by atoms with Crippen molar-refractivity contribution in [3.05, 3.63) is 202 Å². The van der Waals surface area contributed by atoms with Crippen molar-refractivity contribution in [1.29, 1.82) is 0 Å². The summed E-state index contributed by atoms with van der Waals surface area (Å²) in [4.78, 5) is 0. The quantitative estimate of drug-likeness (QED) is 0.126. The van der Waals surface area contributed by atoms with Crippen LogP contribution in [0.25, 0.3) is 0 Å². The zero-order valence-corrected chi connectivity index (χ0v) is 34.1. The molecule has 6 aromatic carbocycles. The normalized spacial score (nSPS) is 9.79. The van der Waals surface area contributed by atoms with Crippen LogP contribution in [0, 0.1) is 0 Å². The van der Waals surface area contributed by atoms with Crippen LogP contribution in [0.15, 0.2) is 158 Å². The maximum atomic E-state index is 12.6. The molecule has 8 heteroatoms. The van der Waals surface area contributed by atoms with Crippen LogP contribution >= 0.6 is 0 Å². The van der Waals surface area contributed by atoms with E-state index in [0.717, 1.165) is 22.3 Å². The van der Waals surface area contributed by atoms with E-state index in [9.17, 15) is 10.2 Å². The van der Waals surface area contributed by atoms with Gasteiger partial charge in [0, 0.05) is 28.4 Å². The van der Waals surface area contributed by atoms with Gasteiger partial charge in [-0.3, -0.25) is 0 Å². The van der Waals surface area contributed by atoms with Crippen molar-refractivity contribution in [2.45, 2.75) is 25.7 Å². The second-order valence-electron chi connectivity index (χ2n) is 12.4. The van der Waals surface area contributed by atoms with Crippen LogP contribution in [-0.2, 0) is 44.6 Å². The monoisotopic (exact) mass is 740 g/mol. The van der Waals surface area contributed by atoms with Gasteiger partial charge in [0.15, 0.2) is 0 Å². The first-order valence-corrected chi connectivity index (χ1v) is 18.2. The van der Waals surface area contributed by atoms with Crippen molar-refractivity contribution in [3.8, 4) is 11.5 Å². The molecular weight excluding hydrogens is 686 g/mol. The summed E-state index contributed by atoms with van der Waals surface area (Å²) in [5.41, 5.74) is 8.17. The summed E-state index contributed by atoms with van der Waals surface area (Å²) < 4.78 is 18.6. The minimum Gasteiger partial charge on any atom is -0.872 e. The van der Waals surface area contributed by atoms with E-state index in [1.807, 2.05) is 109 Å². The van der Waals surface area contributed by atoms with Gasteiger partial charge in [-0.25, -0.2) is 0 Å². The summed E-state index contributed by atoms with van der Waals surface area (Å²) in [6.45, 7) is 2.76. The largest absolute Gasteiger partial charge is 1.00 e. The molecule has 6 rings (SSSR count). The molecule has 0 N–H and O–H groups in total. The Balaban J connectivity index is 0.000000424. The van der Waals surface area contributed by atoms with Gasteiger partial charge in [-0.05, 0) is 47.9 Å². The zero-order valence-electron chi connectivity index (χ0n) is 34.1. The zero-order chi connectivity index (χ0) is 38.6. The van der Waals surface area contributed by atoms with Crippen LogP contribution in [0.5, 0.6) is 11.5 Å². The van der Waals surface area contributed by atoms with Gasteiger partial charge in [0.2, 0.25) is 0 Å². The first-order valence-electron chi connectivity index (χ1n) is 18.2. The molecule has 0 bridgehead atoms. The number of hydrogen-bond acceptors (Lipinski definition) is 6.